The molecular weight excluding hydrogens is 347 g/mol. The fourth-order valence-electron chi connectivity index (χ4n) is 4.03. The molecule has 0 unspecified atom stereocenters. The number of hydrogen-bond donors (Lipinski definition) is 1. The number of H-pyrrole nitrogens is 1. The number of rotatable bonds is 5. The van der Waals surface area contributed by atoms with Crippen molar-refractivity contribution in [3.8, 4) is 5.75 Å². The van der Waals surface area contributed by atoms with E-state index in [1.165, 1.54) is 25.0 Å². The third kappa shape index (κ3) is 4.28. The van der Waals surface area contributed by atoms with Crippen molar-refractivity contribution in [3.05, 3.63) is 41.7 Å². The van der Waals surface area contributed by atoms with Crippen LogP contribution in [0.25, 0.3) is 0 Å². The van der Waals surface area contributed by atoms with E-state index in [4.69, 9.17) is 4.74 Å². The van der Waals surface area contributed by atoms with Crippen LogP contribution in [0.2, 0.25) is 0 Å². The average Bonchev–Trinajstić information content (AvgIpc) is 3.39. The minimum Gasteiger partial charge on any atom is -0.486 e. The number of carbonyl (C=O) groups is 1. The first-order valence-electron chi connectivity index (χ1n) is 9.77. The standard InChI is InChI=1S/C20H25FN4O2/c21-16-5-7-17(8-6-16)27-13-18-22-19(24-23-18)14-9-11-25(12-10-14)20(26)15-3-1-2-4-15/h5-8,14-15H,1-4,9-13H2,(H,22,23,24). The van der Waals surface area contributed by atoms with Crippen LogP contribution < -0.4 is 4.74 Å². The summed E-state index contributed by atoms with van der Waals surface area (Å²) in [5, 5.41) is 7.26. The summed E-state index contributed by atoms with van der Waals surface area (Å²) in [4.78, 5) is 19.1. The van der Waals surface area contributed by atoms with E-state index >= 15 is 0 Å². The zero-order chi connectivity index (χ0) is 18.6. The lowest BCUT2D eigenvalue weighted by Crippen LogP contribution is -2.41. The van der Waals surface area contributed by atoms with Gasteiger partial charge in [0.2, 0.25) is 5.91 Å². The topological polar surface area (TPSA) is 71.1 Å². The molecular formula is C20H25FN4O2. The number of nitrogens with one attached hydrogen (secondary N) is 1. The molecule has 1 N–H and O–H groups in total. The van der Waals surface area contributed by atoms with Crippen molar-refractivity contribution >= 4 is 5.91 Å². The third-order valence-electron chi connectivity index (χ3n) is 5.61. The van der Waals surface area contributed by atoms with Crippen molar-refractivity contribution in [1.29, 1.82) is 0 Å². The van der Waals surface area contributed by atoms with Crippen molar-refractivity contribution in [2.24, 2.45) is 5.92 Å². The van der Waals surface area contributed by atoms with Gasteiger partial charge in [-0.3, -0.25) is 9.89 Å². The number of likely N-dealkylation sites (tertiary alicyclic amines) is 1. The maximum absolute atomic E-state index is 12.9. The summed E-state index contributed by atoms with van der Waals surface area (Å²) in [5.41, 5.74) is 0. The SMILES string of the molecule is O=C(C1CCCC1)N1CCC(c2n[nH]c(COc3ccc(F)cc3)n2)CC1. The van der Waals surface area contributed by atoms with Crippen LogP contribution in [0.5, 0.6) is 5.75 Å². The Balaban J connectivity index is 1.27. The third-order valence-corrected chi connectivity index (χ3v) is 5.61. The van der Waals surface area contributed by atoms with Crippen molar-refractivity contribution in [2.45, 2.75) is 51.0 Å². The second kappa shape index (κ2) is 8.06. The van der Waals surface area contributed by atoms with Gasteiger partial charge in [0.25, 0.3) is 0 Å². The smallest absolute Gasteiger partial charge is 0.225 e. The van der Waals surface area contributed by atoms with Crippen LogP contribution in [0.3, 0.4) is 0 Å². The fraction of sp³-hybridized carbons (Fsp3) is 0.550. The highest BCUT2D eigenvalue weighted by Crippen LogP contribution is 2.30. The highest BCUT2D eigenvalue weighted by atomic mass is 19.1. The van der Waals surface area contributed by atoms with Gasteiger partial charge in [-0.25, -0.2) is 9.37 Å². The zero-order valence-corrected chi connectivity index (χ0v) is 15.4. The van der Waals surface area contributed by atoms with Crippen LogP contribution in [0, 0.1) is 11.7 Å². The quantitative estimate of drug-likeness (QED) is 0.873. The van der Waals surface area contributed by atoms with Gasteiger partial charge in [-0.05, 0) is 49.9 Å². The van der Waals surface area contributed by atoms with Gasteiger partial charge in [0.15, 0.2) is 11.6 Å². The molecule has 7 heteroatoms. The molecule has 6 nitrogen and oxygen atoms in total. The number of aromatic amines is 1. The van der Waals surface area contributed by atoms with Crippen molar-refractivity contribution in [3.63, 3.8) is 0 Å². The lowest BCUT2D eigenvalue weighted by atomic mass is 9.95. The van der Waals surface area contributed by atoms with Gasteiger partial charge in [0.05, 0.1) is 0 Å². The summed E-state index contributed by atoms with van der Waals surface area (Å²) in [5.74, 6) is 2.61. The van der Waals surface area contributed by atoms with E-state index in [2.05, 4.69) is 15.2 Å². The molecule has 0 atom stereocenters. The average molecular weight is 372 g/mol. The number of hydrogen-bond acceptors (Lipinski definition) is 4. The molecule has 0 spiro atoms. The van der Waals surface area contributed by atoms with Gasteiger partial charge in [-0.1, -0.05) is 12.8 Å². The summed E-state index contributed by atoms with van der Waals surface area (Å²) >= 11 is 0. The molecule has 1 saturated heterocycles. The number of aromatic nitrogens is 3. The Kier molecular flexibility index (Phi) is 5.36. The van der Waals surface area contributed by atoms with Crippen LogP contribution in [-0.4, -0.2) is 39.1 Å². The molecule has 1 aromatic carbocycles. The monoisotopic (exact) mass is 372 g/mol. The van der Waals surface area contributed by atoms with E-state index in [0.29, 0.717) is 17.5 Å². The normalized spacial score (nSPS) is 18.8. The molecule has 144 valence electrons. The predicted molar refractivity (Wildman–Crippen MR) is 97.6 cm³/mol. The molecule has 1 aliphatic carbocycles. The first kappa shape index (κ1) is 17.9. The second-order valence-electron chi connectivity index (χ2n) is 7.46. The van der Waals surface area contributed by atoms with Crippen LogP contribution in [0.1, 0.15) is 56.1 Å². The molecule has 2 aromatic rings. The number of ether oxygens (including phenoxy) is 1. The Morgan fingerprint density at radius 1 is 1.15 bits per heavy atom. The first-order valence-corrected chi connectivity index (χ1v) is 9.77. The van der Waals surface area contributed by atoms with Crippen LogP contribution in [0.15, 0.2) is 24.3 Å². The first-order chi connectivity index (χ1) is 13.2. The van der Waals surface area contributed by atoms with Crippen LogP contribution >= 0.6 is 0 Å². The van der Waals surface area contributed by atoms with Crippen molar-refractivity contribution in [1.82, 2.24) is 20.1 Å². The highest BCUT2D eigenvalue weighted by molar-refractivity contribution is 5.79. The maximum atomic E-state index is 12.9. The summed E-state index contributed by atoms with van der Waals surface area (Å²) in [6, 6.07) is 5.90. The lowest BCUT2D eigenvalue weighted by molar-refractivity contribution is -0.136. The molecule has 0 bridgehead atoms. The molecule has 1 aliphatic heterocycles. The molecule has 2 heterocycles. The van der Waals surface area contributed by atoms with E-state index in [9.17, 15) is 9.18 Å². The van der Waals surface area contributed by atoms with Gasteiger partial charge in [-0.15, -0.1) is 0 Å². The molecule has 4 rings (SSSR count). The number of amides is 1. The summed E-state index contributed by atoms with van der Waals surface area (Å²) in [6.45, 7) is 1.84. The van der Waals surface area contributed by atoms with Crippen molar-refractivity contribution in [2.75, 3.05) is 13.1 Å². The molecule has 1 amide bonds. The Labute approximate surface area is 158 Å². The Morgan fingerprint density at radius 3 is 2.56 bits per heavy atom. The predicted octanol–water partition coefficient (Wildman–Crippen LogP) is 3.42. The van der Waals surface area contributed by atoms with Crippen LogP contribution in [-0.2, 0) is 11.4 Å². The van der Waals surface area contributed by atoms with E-state index in [0.717, 1.165) is 44.6 Å². The molecule has 27 heavy (non-hydrogen) atoms. The van der Waals surface area contributed by atoms with E-state index < -0.39 is 0 Å². The van der Waals surface area contributed by atoms with E-state index in [-0.39, 0.29) is 24.3 Å². The minimum absolute atomic E-state index is 0.250. The lowest BCUT2D eigenvalue weighted by Gasteiger charge is -2.32. The molecule has 2 fully saturated rings. The largest absolute Gasteiger partial charge is 0.486 e. The van der Waals surface area contributed by atoms with Gasteiger partial charge >= 0.3 is 0 Å². The summed E-state index contributed by atoms with van der Waals surface area (Å²) in [7, 11) is 0. The Morgan fingerprint density at radius 2 is 1.85 bits per heavy atom. The fourth-order valence-corrected chi connectivity index (χ4v) is 4.03. The van der Waals surface area contributed by atoms with Gasteiger partial charge < -0.3 is 9.64 Å². The zero-order valence-electron chi connectivity index (χ0n) is 15.4. The van der Waals surface area contributed by atoms with E-state index in [1.54, 1.807) is 12.1 Å². The van der Waals surface area contributed by atoms with Gasteiger partial charge in [0.1, 0.15) is 18.2 Å². The Bertz CT molecular complexity index is 763. The molecule has 1 aromatic heterocycles. The van der Waals surface area contributed by atoms with Crippen LogP contribution in [0.4, 0.5) is 4.39 Å². The number of piperidine rings is 1. The number of carbonyl (C=O) groups excluding carboxylic acids is 1. The number of halogens is 1. The van der Waals surface area contributed by atoms with Gasteiger partial charge in [-0.2, -0.15) is 5.10 Å². The second-order valence-corrected chi connectivity index (χ2v) is 7.46. The Hall–Kier alpha value is -2.44. The maximum Gasteiger partial charge on any atom is 0.225 e. The number of nitrogens with zero attached hydrogens (tertiary/aromatic N) is 3. The minimum atomic E-state index is -0.290. The highest BCUT2D eigenvalue weighted by Gasteiger charge is 2.31. The van der Waals surface area contributed by atoms with Gasteiger partial charge in [0, 0.05) is 24.9 Å². The van der Waals surface area contributed by atoms with E-state index in [1.807, 2.05) is 4.90 Å². The van der Waals surface area contributed by atoms with Crippen molar-refractivity contribution < 1.29 is 13.9 Å². The molecule has 2 aliphatic rings. The molecule has 1 saturated carbocycles. The summed E-state index contributed by atoms with van der Waals surface area (Å²) < 4.78 is 18.5. The molecule has 0 radical (unpaired) electrons. The summed E-state index contributed by atoms with van der Waals surface area (Å²) in [6.07, 6.45) is 6.27. The number of benzene rings is 1.